The molecule has 0 spiro atoms. The van der Waals surface area contributed by atoms with E-state index in [0.717, 1.165) is 22.5 Å². The number of benzene rings is 2. The number of rotatable bonds is 7. The maximum atomic E-state index is 13.7. The third-order valence-electron chi connectivity index (χ3n) is 4.23. The molecule has 0 saturated carbocycles. The van der Waals surface area contributed by atoms with Crippen molar-refractivity contribution in [1.29, 1.82) is 5.26 Å². The van der Waals surface area contributed by atoms with Crippen LogP contribution in [-0.4, -0.2) is 32.6 Å². The molecular weight excluding hydrogens is 411 g/mol. The van der Waals surface area contributed by atoms with Gasteiger partial charge in [0.25, 0.3) is 10.0 Å². The Bertz CT molecular complexity index is 1200. The molecule has 10 heteroatoms. The summed E-state index contributed by atoms with van der Waals surface area (Å²) in [5, 5.41) is 9.07. The number of methoxy groups -OCH3 is 2. The molecule has 0 amide bonds. The smallest absolute Gasteiger partial charge is 0.267 e. The summed E-state index contributed by atoms with van der Waals surface area (Å²) in [4.78, 5) is 7.83. The lowest BCUT2D eigenvalue weighted by Gasteiger charge is -2.23. The van der Waals surface area contributed by atoms with Crippen LogP contribution in [0, 0.1) is 17.1 Å². The van der Waals surface area contributed by atoms with Gasteiger partial charge in [-0.2, -0.15) is 5.26 Å². The van der Waals surface area contributed by atoms with Crippen molar-refractivity contribution in [1.82, 2.24) is 9.97 Å². The standard InChI is InChI=1S/C20H17FN4O4S/c1-28-16-5-4-14(19(11-16)29-2)13-25(20-23-8-3-9-24-20)30(26,27)17-6-7-18(21)15(10-17)12-22/h3-11H,13H2,1-2H3. The van der Waals surface area contributed by atoms with Crippen molar-refractivity contribution in [2.45, 2.75) is 11.4 Å². The highest BCUT2D eigenvalue weighted by molar-refractivity contribution is 7.92. The van der Waals surface area contributed by atoms with E-state index in [4.69, 9.17) is 14.7 Å². The molecule has 0 N–H and O–H groups in total. The molecule has 0 aliphatic heterocycles. The second-order valence-electron chi connectivity index (χ2n) is 5.99. The maximum absolute atomic E-state index is 13.7. The zero-order chi connectivity index (χ0) is 21.7. The molecule has 3 rings (SSSR count). The van der Waals surface area contributed by atoms with Gasteiger partial charge in [0.05, 0.1) is 31.2 Å². The van der Waals surface area contributed by atoms with E-state index in [2.05, 4.69) is 9.97 Å². The van der Waals surface area contributed by atoms with Gasteiger partial charge in [0.15, 0.2) is 0 Å². The molecule has 0 radical (unpaired) electrons. The molecule has 3 aromatic rings. The van der Waals surface area contributed by atoms with Crippen LogP contribution in [0.4, 0.5) is 10.3 Å². The number of hydrogen-bond acceptors (Lipinski definition) is 7. The van der Waals surface area contributed by atoms with Crippen molar-refractivity contribution in [3.8, 4) is 17.6 Å². The summed E-state index contributed by atoms with van der Waals surface area (Å²) in [6.45, 7) is -0.168. The fraction of sp³-hybridized carbons (Fsp3) is 0.150. The summed E-state index contributed by atoms with van der Waals surface area (Å²) in [6, 6.07) is 11.1. The van der Waals surface area contributed by atoms with Gasteiger partial charge in [0.2, 0.25) is 5.95 Å². The van der Waals surface area contributed by atoms with Crippen LogP contribution in [0.15, 0.2) is 59.8 Å². The monoisotopic (exact) mass is 428 g/mol. The van der Waals surface area contributed by atoms with Gasteiger partial charge in [0.1, 0.15) is 23.4 Å². The number of nitrogens with zero attached hydrogens (tertiary/aromatic N) is 4. The highest BCUT2D eigenvalue weighted by Gasteiger charge is 2.29. The second-order valence-corrected chi connectivity index (χ2v) is 7.85. The molecule has 1 aromatic heterocycles. The van der Waals surface area contributed by atoms with Crippen molar-refractivity contribution in [2.75, 3.05) is 18.5 Å². The first-order valence-corrected chi connectivity index (χ1v) is 10.0. The van der Waals surface area contributed by atoms with Crippen molar-refractivity contribution in [3.63, 3.8) is 0 Å². The van der Waals surface area contributed by atoms with Gasteiger partial charge in [-0.3, -0.25) is 0 Å². The lowest BCUT2D eigenvalue weighted by molar-refractivity contribution is 0.391. The summed E-state index contributed by atoms with van der Waals surface area (Å²) >= 11 is 0. The van der Waals surface area contributed by atoms with Crippen LogP contribution in [-0.2, 0) is 16.6 Å². The molecule has 0 fully saturated rings. The Morgan fingerprint density at radius 1 is 1.10 bits per heavy atom. The average Bonchev–Trinajstić information content (AvgIpc) is 2.78. The predicted octanol–water partition coefficient (Wildman–Crippen LogP) is 2.90. The van der Waals surface area contributed by atoms with Crippen LogP contribution in [0.2, 0.25) is 0 Å². The highest BCUT2D eigenvalue weighted by atomic mass is 32.2. The third-order valence-corrected chi connectivity index (χ3v) is 5.95. The quantitative estimate of drug-likeness (QED) is 0.570. The fourth-order valence-electron chi connectivity index (χ4n) is 2.70. The minimum atomic E-state index is -4.24. The average molecular weight is 428 g/mol. The van der Waals surface area contributed by atoms with Crippen molar-refractivity contribution in [3.05, 3.63) is 71.8 Å². The molecule has 0 atom stereocenters. The van der Waals surface area contributed by atoms with Crippen molar-refractivity contribution < 1.29 is 22.3 Å². The minimum Gasteiger partial charge on any atom is -0.497 e. The molecule has 154 valence electrons. The maximum Gasteiger partial charge on any atom is 0.267 e. The Morgan fingerprint density at radius 2 is 1.83 bits per heavy atom. The van der Waals surface area contributed by atoms with E-state index < -0.39 is 15.8 Å². The largest absolute Gasteiger partial charge is 0.497 e. The first kappa shape index (κ1) is 21.0. The first-order chi connectivity index (χ1) is 14.4. The van der Waals surface area contributed by atoms with E-state index in [1.165, 1.54) is 26.6 Å². The van der Waals surface area contributed by atoms with Crippen LogP contribution < -0.4 is 13.8 Å². The van der Waals surface area contributed by atoms with Crippen LogP contribution >= 0.6 is 0 Å². The molecule has 2 aromatic carbocycles. The van der Waals surface area contributed by atoms with E-state index in [-0.39, 0.29) is 23.0 Å². The fourth-order valence-corrected chi connectivity index (χ4v) is 4.08. The van der Waals surface area contributed by atoms with Crippen molar-refractivity contribution >= 4 is 16.0 Å². The third kappa shape index (κ3) is 4.16. The zero-order valence-corrected chi connectivity index (χ0v) is 16.9. The van der Waals surface area contributed by atoms with E-state index in [1.807, 2.05) is 0 Å². The normalized spacial score (nSPS) is 10.9. The number of halogens is 1. The number of aromatic nitrogens is 2. The van der Waals surface area contributed by atoms with Gasteiger partial charge in [-0.05, 0) is 36.4 Å². The Hall–Kier alpha value is -3.71. The second kappa shape index (κ2) is 8.75. The minimum absolute atomic E-state index is 0.0850. The van der Waals surface area contributed by atoms with Gasteiger partial charge in [0, 0.05) is 24.0 Å². The highest BCUT2D eigenvalue weighted by Crippen LogP contribution is 2.30. The van der Waals surface area contributed by atoms with Gasteiger partial charge < -0.3 is 9.47 Å². The van der Waals surface area contributed by atoms with E-state index in [9.17, 15) is 12.8 Å². The van der Waals surface area contributed by atoms with Gasteiger partial charge in [-0.1, -0.05) is 0 Å². The van der Waals surface area contributed by atoms with Gasteiger partial charge in [-0.15, -0.1) is 0 Å². The SMILES string of the molecule is COc1ccc(CN(c2ncccn2)S(=O)(=O)c2ccc(F)c(C#N)c2)c(OC)c1. The topological polar surface area (TPSA) is 105 Å². The van der Waals surface area contributed by atoms with Gasteiger partial charge in [-0.25, -0.2) is 27.1 Å². The summed E-state index contributed by atoms with van der Waals surface area (Å²) in [5.74, 6) is 0.0504. The molecule has 0 bridgehead atoms. The summed E-state index contributed by atoms with van der Waals surface area (Å²) in [5.41, 5.74) is 0.143. The van der Waals surface area contributed by atoms with Crippen molar-refractivity contribution in [2.24, 2.45) is 0 Å². The number of hydrogen-bond donors (Lipinski definition) is 0. The Morgan fingerprint density at radius 3 is 2.47 bits per heavy atom. The lowest BCUT2D eigenvalue weighted by Crippen LogP contribution is -2.32. The lowest BCUT2D eigenvalue weighted by atomic mass is 10.2. The molecule has 0 aliphatic carbocycles. The van der Waals surface area contributed by atoms with Crippen LogP contribution in [0.25, 0.3) is 0 Å². The van der Waals surface area contributed by atoms with E-state index in [0.29, 0.717) is 17.1 Å². The van der Waals surface area contributed by atoms with Crippen LogP contribution in [0.5, 0.6) is 11.5 Å². The Balaban J connectivity index is 2.12. The number of anilines is 1. The van der Waals surface area contributed by atoms with Gasteiger partial charge >= 0.3 is 0 Å². The predicted molar refractivity (Wildman–Crippen MR) is 106 cm³/mol. The number of sulfonamides is 1. The molecular formula is C20H17FN4O4S. The first-order valence-electron chi connectivity index (χ1n) is 8.61. The molecule has 0 saturated heterocycles. The molecule has 0 unspecified atom stereocenters. The molecule has 0 aliphatic rings. The number of nitriles is 1. The number of ether oxygens (including phenoxy) is 2. The van der Waals surface area contributed by atoms with Crippen LogP contribution in [0.1, 0.15) is 11.1 Å². The molecule has 8 nitrogen and oxygen atoms in total. The van der Waals surface area contributed by atoms with E-state index >= 15 is 0 Å². The Labute approximate surface area is 173 Å². The molecule has 30 heavy (non-hydrogen) atoms. The summed E-state index contributed by atoms with van der Waals surface area (Å²) < 4.78 is 52.0. The molecule has 1 heterocycles. The Kier molecular flexibility index (Phi) is 6.13. The van der Waals surface area contributed by atoms with Crippen LogP contribution in [0.3, 0.4) is 0 Å². The van der Waals surface area contributed by atoms with E-state index in [1.54, 1.807) is 30.3 Å². The zero-order valence-electron chi connectivity index (χ0n) is 16.1. The summed E-state index contributed by atoms with van der Waals surface area (Å²) in [6.07, 6.45) is 2.81. The summed E-state index contributed by atoms with van der Waals surface area (Å²) in [7, 11) is -1.28.